The van der Waals surface area contributed by atoms with Crippen LogP contribution in [0.2, 0.25) is 0 Å². The molecule has 0 spiro atoms. The molecule has 1 aromatic rings. The number of nitrogens with one attached hydrogen (secondary N) is 1. The maximum atomic E-state index is 10.2. The fourth-order valence-electron chi connectivity index (χ4n) is 1.12. The topological polar surface area (TPSA) is 29.1 Å². The van der Waals surface area contributed by atoms with Gasteiger partial charge < -0.3 is 5.32 Å². The highest BCUT2D eigenvalue weighted by Gasteiger charge is 2.14. The van der Waals surface area contributed by atoms with Crippen molar-refractivity contribution in [2.75, 3.05) is 0 Å². The third-order valence-corrected chi connectivity index (χ3v) is 2.52. The summed E-state index contributed by atoms with van der Waals surface area (Å²) in [5, 5.41) is 2.46. The van der Waals surface area contributed by atoms with Crippen LogP contribution in [0.3, 0.4) is 0 Å². The predicted molar refractivity (Wildman–Crippen MR) is 53.7 cm³/mol. The molecule has 0 fully saturated rings. The van der Waals surface area contributed by atoms with Crippen LogP contribution in [0.15, 0.2) is 30.3 Å². The van der Waals surface area contributed by atoms with Crippen LogP contribution in [0.25, 0.3) is 0 Å². The van der Waals surface area contributed by atoms with E-state index in [0.717, 1.165) is 5.56 Å². The summed E-state index contributed by atoms with van der Waals surface area (Å²) in [6.07, 6.45) is 0.670. The second-order valence-electron chi connectivity index (χ2n) is 2.89. The van der Waals surface area contributed by atoms with Crippen LogP contribution < -0.4 is 5.32 Å². The molecule has 0 aromatic heterocycles. The summed E-state index contributed by atoms with van der Waals surface area (Å²) in [5.74, 6) is 0. The monoisotopic (exact) mass is 197 g/mol. The molecule has 0 aliphatic rings. The van der Waals surface area contributed by atoms with Gasteiger partial charge in [0.2, 0.25) is 6.41 Å². The molecule has 0 radical (unpaired) electrons. The first-order chi connectivity index (χ1) is 6.25. The van der Waals surface area contributed by atoms with Gasteiger partial charge in [-0.3, -0.25) is 4.79 Å². The fourth-order valence-corrected chi connectivity index (χ4v) is 1.34. The number of halogens is 1. The third-order valence-electron chi connectivity index (χ3n) is 1.89. The van der Waals surface area contributed by atoms with Crippen LogP contribution in [0.5, 0.6) is 0 Å². The fraction of sp³-hybridized carbons (Fsp3) is 0.300. The summed E-state index contributed by atoms with van der Waals surface area (Å²) in [5.41, 5.74) is 1.02. The van der Waals surface area contributed by atoms with E-state index in [1.807, 2.05) is 37.3 Å². The molecule has 70 valence electrons. The van der Waals surface area contributed by atoms with Crippen molar-refractivity contribution in [2.24, 2.45) is 0 Å². The largest absolute Gasteiger partial charge is 0.354 e. The molecule has 0 aliphatic heterocycles. The molecular weight excluding hydrogens is 186 g/mol. The molecule has 2 nitrogen and oxygen atoms in total. The van der Waals surface area contributed by atoms with E-state index in [9.17, 15) is 4.79 Å². The van der Waals surface area contributed by atoms with Gasteiger partial charge in [-0.15, -0.1) is 11.6 Å². The Balaban J connectivity index is 2.67. The van der Waals surface area contributed by atoms with Gasteiger partial charge in [0.15, 0.2) is 0 Å². The minimum Gasteiger partial charge on any atom is -0.354 e. The van der Waals surface area contributed by atoms with Crippen molar-refractivity contribution < 1.29 is 4.79 Å². The van der Waals surface area contributed by atoms with Gasteiger partial charge in [0, 0.05) is 6.04 Å². The zero-order valence-corrected chi connectivity index (χ0v) is 8.16. The first-order valence-electron chi connectivity index (χ1n) is 4.14. The van der Waals surface area contributed by atoms with Gasteiger partial charge in [-0.25, -0.2) is 0 Å². The zero-order valence-electron chi connectivity index (χ0n) is 7.41. The molecule has 0 saturated heterocycles. The Morgan fingerprint density at radius 3 is 2.54 bits per heavy atom. The van der Waals surface area contributed by atoms with E-state index < -0.39 is 0 Å². The number of carbonyl (C=O) groups is 1. The highest BCUT2D eigenvalue weighted by Crippen LogP contribution is 2.23. The van der Waals surface area contributed by atoms with Gasteiger partial charge in [-0.1, -0.05) is 30.3 Å². The van der Waals surface area contributed by atoms with Gasteiger partial charge >= 0.3 is 0 Å². The summed E-state index contributed by atoms with van der Waals surface area (Å²) < 4.78 is 0. The lowest BCUT2D eigenvalue weighted by molar-refractivity contribution is -0.110. The third kappa shape index (κ3) is 2.74. The lowest BCUT2D eigenvalue weighted by Crippen LogP contribution is -2.28. The summed E-state index contributed by atoms with van der Waals surface area (Å²) in [4.78, 5) is 10.2. The lowest BCUT2D eigenvalue weighted by Gasteiger charge is -2.16. The zero-order chi connectivity index (χ0) is 9.68. The highest BCUT2D eigenvalue weighted by molar-refractivity contribution is 6.21. The van der Waals surface area contributed by atoms with E-state index in [2.05, 4.69) is 5.32 Å². The molecule has 1 amide bonds. The number of amides is 1. The number of alkyl halides is 1. The normalized spacial score (nSPS) is 14.6. The average Bonchev–Trinajstić information content (AvgIpc) is 2.18. The Morgan fingerprint density at radius 1 is 1.38 bits per heavy atom. The number of benzene rings is 1. The molecule has 3 heteroatoms. The smallest absolute Gasteiger partial charge is 0.207 e. The van der Waals surface area contributed by atoms with Crippen LogP contribution in [0, 0.1) is 0 Å². The van der Waals surface area contributed by atoms with Crippen LogP contribution in [-0.2, 0) is 4.79 Å². The molecule has 1 aromatic carbocycles. The minimum atomic E-state index is -0.175. The molecule has 0 aliphatic carbocycles. The van der Waals surface area contributed by atoms with Gasteiger partial charge in [-0.05, 0) is 12.5 Å². The quantitative estimate of drug-likeness (QED) is 0.581. The van der Waals surface area contributed by atoms with Crippen molar-refractivity contribution in [1.82, 2.24) is 5.32 Å². The lowest BCUT2D eigenvalue weighted by atomic mass is 10.1. The highest BCUT2D eigenvalue weighted by atomic mass is 35.5. The SMILES string of the molecule is C[C@H](NC=O)C(Cl)c1ccccc1. The molecule has 2 atom stereocenters. The summed E-state index contributed by atoms with van der Waals surface area (Å²) in [6, 6.07) is 9.63. The molecule has 1 N–H and O–H groups in total. The van der Waals surface area contributed by atoms with E-state index in [0.29, 0.717) is 6.41 Å². The summed E-state index contributed by atoms with van der Waals surface area (Å²) in [6.45, 7) is 1.87. The van der Waals surface area contributed by atoms with Crippen molar-refractivity contribution in [3.63, 3.8) is 0 Å². The van der Waals surface area contributed by atoms with Crippen LogP contribution in [-0.4, -0.2) is 12.5 Å². The molecule has 0 heterocycles. The van der Waals surface area contributed by atoms with Crippen molar-refractivity contribution in [2.45, 2.75) is 18.3 Å². The molecule has 1 rings (SSSR count). The van der Waals surface area contributed by atoms with E-state index >= 15 is 0 Å². The number of carbonyl (C=O) groups excluding carboxylic acids is 1. The maximum Gasteiger partial charge on any atom is 0.207 e. The predicted octanol–water partition coefficient (Wildman–Crippen LogP) is 2.10. The summed E-state index contributed by atoms with van der Waals surface area (Å²) >= 11 is 6.11. The van der Waals surface area contributed by atoms with E-state index in [4.69, 9.17) is 11.6 Å². The maximum absolute atomic E-state index is 10.2. The first kappa shape index (κ1) is 10.1. The van der Waals surface area contributed by atoms with E-state index in [1.165, 1.54) is 0 Å². The molecule has 1 unspecified atom stereocenters. The van der Waals surface area contributed by atoms with Crippen LogP contribution in [0.4, 0.5) is 0 Å². The summed E-state index contributed by atoms with van der Waals surface area (Å²) in [7, 11) is 0. The van der Waals surface area contributed by atoms with Crippen LogP contribution >= 0.6 is 11.6 Å². The number of hydrogen-bond acceptors (Lipinski definition) is 1. The average molecular weight is 198 g/mol. The Kier molecular flexibility index (Phi) is 3.77. The first-order valence-corrected chi connectivity index (χ1v) is 4.58. The molecule has 0 bridgehead atoms. The van der Waals surface area contributed by atoms with Gasteiger partial charge in [0.1, 0.15) is 0 Å². The molecule has 13 heavy (non-hydrogen) atoms. The Labute approximate surface area is 82.9 Å². The standard InChI is InChI=1S/C10H12ClNO/c1-8(12-7-13)10(11)9-5-3-2-4-6-9/h2-8,10H,1H3,(H,12,13)/t8-,10?/m0/s1. The second kappa shape index (κ2) is 4.87. The number of hydrogen-bond donors (Lipinski definition) is 1. The number of rotatable bonds is 4. The van der Waals surface area contributed by atoms with Gasteiger partial charge in [-0.2, -0.15) is 0 Å². The minimum absolute atomic E-state index is 0.0541. The van der Waals surface area contributed by atoms with Crippen molar-refractivity contribution in [3.8, 4) is 0 Å². The Bertz CT molecular complexity index is 263. The van der Waals surface area contributed by atoms with E-state index in [-0.39, 0.29) is 11.4 Å². The van der Waals surface area contributed by atoms with E-state index in [1.54, 1.807) is 0 Å². The second-order valence-corrected chi connectivity index (χ2v) is 3.36. The van der Waals surface area contributed by atoms with Gasteiger partial charge in [0.05, 0.1) is 5.38 Å². The van der Waals surface area contributed by atoms with Crippen molar-refractivity contribution >= 4 is 18.0 Å². The Hall–Kier alpha value is -1.02. The molecule has 0 saturated carbocycles. The Morgan fingerprint density at radius 2 is 2.00 bits per heavy atom. The van der Waals surface area contributed by atoms with Crippen LogP contribution in [0.1, 0.15) is 17.9 Å². The van der Waals surface area contributed by atoms with Crippen molar-refractivity contribution in [1.29, 1.82) is 0 Å². The van der Waals surface area contributed by atoms with Crippen molar-refractivity contribution in [3.05, 3.63) is 35.9 Å². The molecular formula is C10H12ClNO. The van der Waals surface area contributed by atoms with Gasteiger partial charge in [0.25, 0.3) is 0 Å².